The molecule has 1 atom stereocenters. The van der Waals surface area contributed by atoms with Crippen LogP contribution in [0.4, 0.5) is 0 Å². The predicted octanol–water partition coefficient (Wildman–Crippen LogP) is 2.15. The first-order valence-corrected chi connectivity index (χ1v) is 7.35. The Labute approximate surface area is 120 Å². The molecule has 1 spiro atoms. The van der Waals surface area contributed by atoms with Gasteiger partial charge in [0.05, 0.1) is 26.9 Å². The van der Waals surface area contributed by atoms with E-state index in [1.54, 1.807) is 14.2 Å². The Morgan fingerprint density at radius 1 is 1.20 bits per heavy atom. The molecule has 0 amide bonds. The van der Waals surface area contributed by atoms with Crippen LogP contribution >= 0.6 is 0 Å². The molecular formula is C16H23NO3. The van der Waals surface area contributed by atoms with E-state index in [4.69, 9.17) is 9.47 Å². The van der Waals surface area contributed by atoms with Gasteiger partial charge >= 0.3 is 0 Å². The first-order chi connectivity index (χ1) is 9.74. The van der Waals surface area contributed by atoms with E-state index in [-0.39, 0.29) is 18.1 Å². The van der Waals surface area contributed by atoms with Crippen molar-refractivity contribution in [1.82, 2.24) is 5.32 Å². The third-order valence-electron chi connectivity index (χ3n) is 4.93. The summed E-state index contributed by atoms with van der Waals surface area (Å²) in [5, 5.41) is 13.1. The number of aliphatic hydroxyl groups excluding tert-OH is 1. The van der Waals surface area contributed by atoms with Crippen LogP contribution in [0.25, 0.3) is 0 Å². The van der Waals surface area contributed by atoms with Crippen LogP contribution in [-0.2, 0) is 5.41 Å². The molecule has 0 saturated heterocycles. The van der Waals surface area contributed by atoms with Crippen LogP contribution in [0.2, 0.25) is 0 Å². The van der Waals surface area contributed by atoms with Gasteiger partial charge in [0.25, 0.3) is 0 Å². The Balaban J connectivity index is 2.14. The van der Waals surface area contributed by atoms with E-state index in [1.807, 2.05) is 6.07 Å². The zero-order chi connectivity index (χ0) is 14.2. The molecule has 20 heavy (non-hydrogen) atoms. The number of methoxy groups -OCH3 is 2. The summed E-state index contributed by atoms with van der Waals surface area (Å²) in [4.78, 5) is 0. The molecule has 1 heterocycles. The molecule has 1 aromatic carbocycles. The zero-order valence-electron chi connectivity index (χ0n) is 12.2. The lowest BCUT2D eigenvalue weighted by Crippen LogP contribution is -2.45. The van der Waals surface area contributed by atoms with E-state index in [0.717, 1.165) is 18.0 Å². The standard InChI is InChI=1S/C16H23NO3/c1-19-14-7-11-12(8-15(14)20-2)16(5-3-4-6-16)10-17-13(11)9-18/h7-8,13,17-18H,3-6,9-10H2,1-2H3/t13-/m1/s1. The Morgan fingerprint density at radius 3 is 2.45 bits per heavy atom. The highest BCUT2D eigenvalue weighted by Gasteiger charge is 2.42. The average molecular weight is 277 g/mol. The maximum absolute atomic E-state index is 9.62. The van der Waals surface area contributed by atoms with Gasteiger partial charge in [0.2, 0.25) is 0 Å². The maximum atomic E-state index is 9.62. The second-order valence-corrected chi connectivity index (χ2v) is 5.90. The third kappa shape index (κ3) is 1.98. The fourth-order valence-corrected chi connectivity index (χ4v) is 3.83. The lowest BCUT2D eigenvalue weighted by atomic mass is 9.72. The van der Waals surface area contributed by atoms with E-state index < -0.39 is 0 Å². The normalized spacial score (nSPS) is 23.6. The summed E-state index contributed by atoms with van der Waals surface area (Å²) in [6.45, 7) is 1.05. The monoisotopic (exact) mass is 277 g/mol. The van der Waals surface area contributed by atoms with Crippen LogP contribution in [0.1, 0.15) is 42.9 Å². The van der Waals surface area contributed by atoms with Crippen molar-refractivity contribution in [2.75, 3.05) is 27.4 Å². The first kappa shape index (κ1) is 13.7. The Morgan fingerprint density at radius 2 is 1.85 bits per heavy atom. The molecule has 3 rings (SSSR count). The van der Waals surface area contributed by atoms with E-state index in [9.17, 15) is 5.11 Å². The van der Waals surface area contributed by atoms with Gasteiger partial charge in [0.15, 0.2) is 11.5 Å². The number of benzene rings is 1. The van der Waals surface area contributed by atoms with Crippen LogP contribution in [0.5, 0.6) is 11.5 Å². The van der Waals surface area contributed by atoms with Crippen LogP contribution < -0.4 is 14.8 Å². The van der Waals surface area contributed by atoms with Crippen LogP contribution in [-0.4, -0.2) is 32.5 Å². The molecule has 2 N–H and O–H groups in total. The molecule has 0 unspecified atom stereocenters. The van der Waals surface area contributed by atoms with Crippen molar-refractivity contribution in [2.45, 2.75) is 37.1 Å². The molecular weight excluding hydrogens is 254 g/mol. The van der Waals surface area contributed by atoms with Gasteiger partial charge in [-0.25, -0.2) is 0 Å². The van der Waals surface area contributed by atoms with Crippen molar-refractivity contribution in [2.24, 2.45) is 0 Å². The summed E-state index contributed by atoms with van der Waals surface area (Å²) in [6, 6.07) is 4.15. The second-order valence-electron chi connectivity index (χ2n) is 5.90. The minimum Gasteiger partial charge on any atom is -0.493 e. The molecule has 0 radical (unpaired) electrons. The average Bonchev–Trinajstić information content (AvgIpc) is 2.96. The minimum absolute atomic E-state index is 0.00367. The van der Waals surface area contributed by atoms with Crippen molar-refractivity contribution in [3.05, 3.63) is 23.3 Å². The summed E-state index contributed by atoms with van der Waals surface area (Å²) in [7, 11) is 3.33. The lowest BCUT2D eigenvalue weighted by molar-refractivity contribution is 0.218. The van der Waals surface area contributed by atoms with Gasteiger partial charge in [0.1, 0.15) is 0 Å². The second kappa shape index (κ2) is 5.26. The minimum atomic E-state index is -0.00367. The van der Waals surface area contributed by atoms with Crippen molar-refractivity contribution < 1.29 is 14.6 Å². The van der Waals surface area contributed by atoms with Gasteiger partial charge in [-0.2, -0.15) is 0 Å². The summed E-state index contributed by atoms with van der Waals surface area (Å²) >= 11 is 0. The Bertz CT molecular complexity index is 495. The first-order valence-electron chi connectivity index (χ1n) is 7.35. The summed E-state index contributed by atoms with van der Waals surface area (Å²) in [5.74, 6) is 1.53. The van der Waals surface area contributed by atoms with E-state index in [1.165, 1.54) is 36.8 Å². The molecule has 110 valence electrons. The SMILES string of the molecule is COc1cc2c(cc1OC)C1(CCCC1)CN[C@@H]2CO. The van der Waals surface area contributed by atoms with Gasteiger partial charge in [-0.1, -0.05) is 12.8 Å². The molecule has 4 nitrogen and oxygen atoms in total. The van der Waals surface area contributed by atoms with E-state index in [0.29, 0.717) is 0 Å². The van der Waals surface area contributed by atoms with Gasteiger partial charge < -0.3 is 19.9 Å². The number of ether oxygens (including phenoxy) is 2. The highest BCUT2D eigenvalue weighted by molar-refractivity contribution is 5.52. The third-order valence-corrected chi connectivity index (χ3v) is 4.93. The largest absolute Gasteiger partial charge is 0.493 e. The number of nitrogens with one attached hydrogen (secondary N) is 1. The molecule has 4 heteroatoms. The summed E-state index contributed by atoms with van der Waals surface area (Å²) in [6.07, 6.45) is 4.97. The van der Waals surface area contributed by atoms with Crippen molar-refractivity contribution >= 4 is 0 Å². The van der Waals surface area contributed by atoms with Crippen molar-refractivity contribution in [3.8, 4) is 11.5 Å². The summed E-state index contributed by atoms with van der Waals surface area (Å²) in [5.41, 5.74) is 2.71. The molecule has 2 aliphatic rings. The quantitative estimate of drug-likeness (QED) is 0.889. The topological polar surface area (TPSA) is 50.7 Å². The number of hydrogen-bond donors (Lipinski definition) is 2. The number of aliphatic hydroxyl groups is 1. The molecule has 1 saturated carbocycles. The number of fused-ring (bicyclic) bond motifs is 2. The fraction of sp³-hybridized carbons (Fsp3) is 0.625. The van der Waals surface area contributed by atoms with Gasteiger partial charge in [0, 0.05) is 12.0 Å². The molecule has 1 aliphatic heterocycles. The molecule has 1 aliphatic carbocycles. The predicted molar refractivity (Wildman–Crippen MR) is 77.5 cm³/mol. The van der Waals surface area contributed by atoms with Crippen molar-refractivity contribution in [1.29, 1.82) is 0 Å². The smallest absolute Gasteiger partial charge is 0.161 e. The van der Waals surface area contributed by atoms with Gasteiger partial charge in [-0.15, -0.1) is 0 Å². The Kier molecular flexibility index (Phi) is 3.61. The Hall–Kier alpha value is -1.26. The fourth-order valence-electron chi connectivity index (χ4n) is 3.83. The molecule has 0 bridgehead atoms. The van der Waals surface area contributed by atoms with Crippen LogP contribution in [0.3, 0.4) is 0 Å². The molecule has 0 aromatic heterocycles. The number of rotatable bonds is 3. The van der Waals surface area contributed by atoms with Crippen LogP contribution in [0.15, 0.2) is 12.1 Å². The highest BCUT2D eigenvalue weighted by atomic mass is 16.5. The molecule has 1 fully saturated rings. The van der Waals surface area contributed by atoms with E-state index >= 15 is 0 Å². The van der Waals surface area contributed by atoms with Crippen LogP contribution in [0, 0.1) is 0 Å². The number of hydrogen-bond acceptors (Lipinski definition) is 4. The van der Waals surface area contributed by atoms with Gasteiger partial charge in [-0.3, -0.25) is 0 Å². The maximum Gasteiger partial charge on any atom is 0.161 e. The zero-order valence-corrected chi connectivity index (χ0v) is 12.2. The summed E-state index contributed by atoms with van der Waals surface area (Å²) < 4.78 is 10.9. The van der Waals surface area contributed by atoms with Crippen molar-refractivity contribution in [3.63, 3.8) is 0 Å². The highest BCUT2D eigenvalue weighted by Crippen LogP contribution is 2.48. The lowest BCUT2D eigenvalue weighted by Gasteiger charge is -2.40. The van der Waals surface area contributed by atoms with E-state index in [2.05, 4.69) is 11.4 Å². The molecule has 1 aromatic rings. The van der Waals surface area contributed by atoms with Gasteiger partial charge in [-0.05, 0) is 36.1 Å².